The lowest BCUT2D eigenvalue weighted by atomic mass is 10.00. The van der Waals surface area contributed by atoms with E-state index in [0.717, 1.165) is 0 Å². The summed E-state index contributed by atoms with van der Waals surface area (Å²) in [7, 11) is 1.50. The van der Waals surface area contributed by atoms with Crippen LogP contribution < -0.4 is 16.0 Å². The number of fused-ring (bicyclic) bond motifs is 1. The summed E-state index contributed by atoms with van der Waals surface area (Å²) in [5, 5.41) is 7.80. The minimum Gasteiger partial charge on any atom is -0.355 e. The van der Waals surface area contributed by atoms with E-state index in [9.17, 15) is 18.8 Å². The van der Waals surface area contributed by atoms with Gasteiger partial charge in [-0.1, -0.05) is 0 Å². The van der Waals surface area contributed by atoms with E-state index in [2.05, 4.69) is 16.0 Å². The Morgan fingerprint density at radius 3 is 2.46 bits per heavy atom. The third kappa shape index (κ3) is 2.71. The van der Waals surface area contributed by atoms with Gasteiger partial charge in [0.15, 0.2) is 0 Å². The maximum absolute atomic E-state index is 12.9. The number of carbonyl (C=O) groups excluding carboxylic acids is 3. The first-order chi connectivity index (χ1) is 11.5. The van der Waals surface area contributed by atoms with Crippen molar-refractivity contribution in [1.29, 1.82) is 0 Å². The zero-order chi connectivity index (χ0) is 17.3. The maximum atomic E-state index is 12.9. The predicted molar refractivity (Wildman–Crippen MR) is 85.4 cm³/mol. The topological polar surface area (TPSA) is 87.3 Å². The highest BCUT2D eigenvalue weighted by molar-refractivity contribution is 6.12. The van der Waals surface area contributed by atoms with Crippen LogP contribution in [0.4, 0.5) is 10.1 Å². The number of halogens is 1. The van der Waals surface area contributed by atoms with Crippen molar-refractivity contribution in [3.05, 3.63) is 64.5 Å². The fourth-order valence-electron chi connectivity index (χ4n) is 2.60. The largest absolute Gasteiger partial charge is 0.355 e. The lowest BCUT2D eigenvalue weighted by molar-refractivity contribution is 0.0956. The number of nitrogens with one attached hydrogen (secondary N) is 3. The van der Waals surface area contributed by atoms with Crippen molar-refractivity contribution in [1.82, 2.24) is 10.6 Å². The highest BCUT2D eigenvalue weighted by Crippen LogP contribution is 2.28. The molecule has 0 radical (unpaired) electrons. The van der Waals surface area contributed by atoms with Crippen molar-refractivity contribution in [2.75, 3.05) is 12.4 Å². The van der Waals surface area contributed by atoms with Gasteiger partial charge in [0.1, 0.15) is 5.82 Å². The van der Waals surface area contributed by atoms with Gasteiger partial charge in [-0.25, -0.2) is 4.39 Å². The van der Waals surface area contributed by atoms with Crippen LogP contribution in [-0.2, 0) is 6.54 Å². The first-order valence-electron chi connectivity index (χ1n) is 7.24. The normalized spacial score (nSPS) is 12.3. The quantitative estimate of drug-likeness (QED) is 0.801. The van der Waals surface area contributed by atoms with Crippen molar-refractivity contribution in [3.8, 4) is 0 Å². The minimum absolute atomic E-state index is 0.219. The summed E-state index contributed by atoms with van der Waals surface area (Å²) >= 11 is 0. The standard InChI is InChI=1S/C17H14FN3O3/c1-19-16(23)11-6-7-13(14-12(11)8-20-17(14)24)21-15(22)9-2-4-10(18)5-3-9/h2-7H,8H2,1H3,(H,19,23)(H,20,24)(H,21,22). The van der Waals surface area contributed by atoms with Gasteiger partial charge in [0.25, 0.3) is 17.7 Å². The summed E-state index contributed by atoms with van der Waals surface area (Å²) in [4.78, 5) is 36.2. The van der Waals surface area contributed by atoms with Gasteiger partial charge in [-0.05, 0) is 42.0 Å². The third-order valence-electron chi connectivity index (χ3n) is 3.79. The van der Waals surface area contributed by atoms with Crippen molar-refractivity contribution in [2.24, 2.45) is 0 Å². The maximum Gasteiger partial charge on any atom is 0.255 e. The Balaban J connectivity index is 1.96. The van der Waals surface area contributed by atoms with Gasteiger partial charge in [-0.3, -0.25) is 14.4 Å². The summed E-state index contributed by atoms with van der Waals surface area (Å²) in [6, 6.07) is 8.13. The van der Waals surface area contributed by atoms with Gasteiger partial charge >= 0.3 is 0 Å². The van der Waals surface area contributed by atoms with Crippen LogP contribution >= 0.6 is 0 Å². The molecule has 0 saturated heterocycles. The van der Waals surface area contributed by atoms with E-state index in [1.54, 1.807) is 6.07 Å². The van der Waals surface area contributed by atoms with Crippen LogP contribution in [0.5, 0.6) is 0 Å². The molecule has 0 unspecified atom stereocenters. The molecule has 1 aliphatic heterocycles. The molecule has 0 saturated carbocycles. The van der Waals surface area contributed by atoms with Gasteiger partial charge in [-0.15, -0.1) is 0 Å². The molecule has 6 nitrogen and oxygen atoms in total. The second kappa shape index (κ2) is 6.11. The number of benzene rings is 2. The molecule has 1 heterocycles. The lowest BCUT2D eigenvalue weighted by Gasteiger charge is -2.12. The van der Waals surface area contributed by atoms with Crippen LogP contribution in [0.25, 0.3) is 0 Å². The highest BCUT2D eigenvalue weighted by atomic mass is 19.1. The molecule has 0 atom stereocenters. The van der Waals surface area contributed by atoms with Gasteiger partial charge in [0, 0.05) is 24.7 Å². The Hall–Kier alpha value is -3.22. The SMILES string of the molecule is CNC(=O)c1ccc(NC(=O)c2ccc(F)cc2)c2c1CNC2=O. The van der Waals surface area contributed by atoms with Crippen LogP contribution in [0.1, 0.15) is 36.6 Å². The molecule has 0 bridgehead atoms. The number of rotatable bonds is 3. The van der Waals surface area contributed by atoms with E-state index in [-0.39, 0.29) is 29.5 Å². The fourth-order valence-corrected chi connectivity index (χ4v) is 2.60. The Kier molecular flexibility index (Phi) is 3.99. The number of carbonyl (C=O) groups is 3. The Morgan fingerprint density at radius 2 is 1.79 bits per heavy atom. The van der Waals surface area contributed by atoms with Crippen molar-refractivity contribution in [3.63, 3.8) is 0 Å². The summed E-state index contributed by atoms with van der Waals surface area (Å²) in [6.45, 7) is 0.219. The molecule has 3 N–H and O–H groups in total. The lowest BCUT2D eigenvalue weighted by Crippen LogP contribution is -2.21. The van der Waals surface area contributed by atoms with E-state index in [1.165, 1.54) is 37.4 Å². The zero-order valence-electron chi connectivity index (χ0n) is 12.8. The molecule has 0 aromatic heterocycles. The average Bonchev–Trinajstić information content (AvgIpc) is 2.97. The molecule has 0 fully saturated rings. The first-order valence-corrected chi connectivity index (χ1v) is 7.24. The zero-order valence-corrected chi connectivity index (χ0v) is 12.8. The van der Waals surface area contributed by atoms with E-state index in [1.807, 2.05) is 0 Å². The second-order valence-corrected chi connectivity index (χ2v) is 5.24. The van der Waals surface area contributed by atoms with Crippen LogP contribution in [0.3, 0.4) is 0 Å². The van der Waals surface area contributed by atoms with Crippen LogP contribution in [0, 0.1) is 5.82 Å². The molecule has 24 heavy (non-hydrogen) atoms. The van der Waals surface area contributed by atoms with E-state index in [4.69, 9.17) is 0 Å². The minimum atomic E-state index is -0.468. The van der Waals surface area contributed by atoms with Crippen LogP contribution in [0.15, 0.2) is 36.4 Å². The number of amides is 3. The van der Waals surface area contributed by atoms with Crippen LogP contribution in [0.2, 0.25) is 0 Å². The van der Waals surface area contributed by atoms with Crippen molar-refractivity contribution < 1.29 is 18.8 Å². The van der Waals surface area contributed by atoms with E-state index in [0.29, 0.717) is 16.8 Å². The number of hydrogen-bond donors (Lipinski definition) is 3. The molecule has 0 spiro atoms. The Bertz CT molecular complexity index is 847. The van der Waals surface area contributed by atoms with E-state index < -0.39 is 11.7 Å². The van der Waals surface area contributed by atoms with Gasteiger partial charge in [-0.2, -0.15) is 0 Å². The molecular formula is C17H14FN3O3. The average molecular weight is 327 g/mol. The third-order valence-corrected chi connectivity index (χ3v) is 3.79. The Labute approximate surface area is 137 Å². The van der Waals surface area contributed by atoms with Gasteiger partial charge in [0.2, 0.25) is 0 Å². The highest BCUT2D eigenvalue weighted by Gasteiger charge is 2.28. The first kappa shape index (κ1) is 15.7. The molecule has 3 rings (SSSR count). The summed E-state index contributed by atoms with van der Waals surface area (Å²) < 4.78 is 12.9. The fraction of sp³-hybridized carbons (Fsp3) is 0.118. The molecule has 3 amide bonds. The monoisotopic (exact) mass is 327 g/mol. The predicted octanol–water partition coefficient (Wildman–Crippen LogP) is 1.68. The number of hydrogen-bond acceptors (Lipinski definition) is 3. The van der Waals surface area contributed by atoms with Crippen LogP contribution in [-0.4, -0.2) is 24.8 Å². The molecular weight excluding hydrogens is 313 g/mol. The molecule has 7 heteroatoms. The smallest absolute Gasteiger partial charge is 0.255 e. The van der Waals surface area contributed by atoms with Gasteiger partial charge < -0.3 is 16.0 Å². The molecule has 0 aliphatic carbocycles. The second-order valence-electron chi connectivity index (χ2n) is 5.24. The summed E-state index contributed by atoms with van der Waals surface area (Å²) in [5.41, 5.74) is 1.76. The van der Waals surface area contributed by atoms with Crippen molar-refractivity contribution >= 4 is 23.4 Å². The number of anilines is 1. The Morgan fingerprint density at radius 1 is 1.08 bits per heavy atom. The van der Waals surface area contributed by atoms with Crippen molar-refractivity contribution in [2.45, 2.75) is 6.54 Å². The summed E-state index contributed by atoms with van der Waals surface area (Å²) in [6.07, 6.45) is 0. The van der Waals surface area contributed by atoms with Gasteiger partial charge in [0.05, 0.1) is 11.3 Å². The van der Waals surface area contributed by atoms with E-state index >= 15 is 0 Å². The molecule has 2 aromatic rings. The molecule has 122 valence electrons. The molecule has 2 aromatic carbocycles. The summed E-state index contributed by atoms with van der Waals surface area (Å²) in [5.74, 6) is -1.57. The molecule has 1 aliphatic rings.